The third-order valence-electron chi connectivity index (χ3n) is 0.899. The predicted octanol–water partition coefficient (Wildman–Crippen LogP) is 0.238. The van der Waals surface area contributed by atoms with Gasteiger partial charge >= 0.3 is 0 Å². The van der Waals surface area contributed by atoms with E-state index < -0.39 is 0 Å². The normalized spacial score (nSPS) is 6.33. The minimum absolute atomic E-state index is 0.0463. The van der Waals surface area contributed by atoms with Crippen molar-refractivity contribution in [3.63, 3.8) is 0 Å². The van der Waals surface area contributed by atoms with Crippen LogP contribution in [0.3, 0.4) is 0 Å². The Bertz CT molecular complexity index is 281. The zero-order valence-corrected chi connectivity index (χ0v) is 6.93. The molecule has 12 heavy (non-hydrogen) atoms. The first-order chi connectivity index (χ1) is 5.71. The van der Waals surface area contributed by atoms with Crippen LogP contribution in [0.15, 0.2) is 0 Å². The highest BCUT2D eigenvalue weighted by Crippen LogP contribution is 1.93. The van der Waals surface area contributed by atoms with Crippen LogP contribution in [0.4, 0.5) is 0 Å². The van der Waals surface area contributed by atoms with E-state index in [0.29, 0.717) is 0 Å². The Kier molecular flexibility index (Phi) is 3.89. The maximum absolute atomic E-state index is 5.01. The van der Waals surface area contributed by atoms with E-state index in [2.05, 4.69) is 24.2 Å². The second-order valence-corrected chi connectivity index (χ2v) is 1.83. The third-order valence-corrected chi connectivity index (χ3v) is 1.26. The van der Waals surface area contributed by atoms with Gasteiger partial charge in [-0.3, -0.25) is 0 Å². The second kappa shape index (κ2) is 4.70. The van der Waals surface area contributed by atoms with Gasteiger partial charge in [0.15, 0.2) is 0 Å². The average molecular weight is 172 g/mol. The maximum atomic E-state index is 5.01. The average Bonchev–Trinajstić information content (AvgIpc) is 2.09. The first kappa shape index (κ1) is 9.93. The van der Waals surface area contributed by atoms with Crippen LogP contribution in [0, 0.1) is 49.9 Å². The summed E-state index contributed by atoms with van der Waals surface area (Å²) in [7, 11) is 0. The van der Waals surface area contributed by atoms with E-state index in [1.807, 2.05) is 0 Å². The lowest BCUT2D eigenvalue weighted by atomic mass is 10.7. The molecule has 0 saturated heterocycles. The molecule has 0 aromatic rings. The van der Waals surface area contributed by atoms with Gasteiger partial charge in [0.25, 0.3) is 0 Å². The Labute approximate surface area is 77.5 Å². The molecule has 0 rings (SSSR count). The highest BCUT2D eigenvalue weighted by atomic mass is 32.1. The molecule has 0 aromatic heterocycles. The summed E-state index contributed by atoms with van der Waals surface area (Å²) < 4.78 is 0. The molecule has 0 aliphatic carbocycles. The summed E-state index contributed by atoms with van der Waals surface area (Å²) in [6.07, 6.45) is 20.1. The fraction of sp³-hybridized carbons (Fsp3) is 0. The van der Waals surface area contributed by atoms with Crippen molar-refractivity contribution in [1.82, 2.24) is 9.80 Å². The third kappa shape index (κ3) is 1.96. The molecule has 0 unspecified atom stereocenters. The molecular weight excluding hydrogens is 168 g/mol. The lowest BCUT2D eigenvalue weighted by Gasteiger charge is -2.14. The van der Waals surface area contributed by atoms with Crippen LogP contribution >= 0.6 is 12.2 Å². The molecule has 0 spiro atoms. The molecule has 0 bridgehead atoms. The fourth-order valence-corrected chi connectivity index (χ4v) is 0.606. The lowest BCUT2D eigenvalue weighted by Crippen LogP contribution is -2.31. The van der Waals surface area contributed by atoms with Crippen LogP contribution in [-0.4, -0.2) is 14.9 Å². The molecule has 0 aliphatic rings. The molecule has 0 aliphatic heterocycles. The van der Waals surface area contributed by atoms with Crippen LogP contribution in [0.5, 0.6) is 0 Å². The van der Waals surface area contributed by atoms with Gasteiger partial charge in [-0.05, 0) is 12.2 Å². The van der Waals surface area contributed by atoms with Crippen molar-refractivity contribution >= 4 is 17.3 Å². The van der Waals surface area contributed by atoms with E-state index in [9.17, 15) is 0 Å². The fourth-order valence-electron chi connectivity index (χ4n) is 0.395. The summed E-state index contributed by atoms with van der Waals surface area (Å²) >= 11 is 4.78. The summed E-state index contributed by atoms with van der Waals surface area (Å²) in [5.74, 6) is 0. The molecule has 0 N–H and O–H groups in total. The number of rotatable bonds is 0. The topological polar surface area (TPSA) is 6.48 Å². The van der Waals surface area contributed by atoms with Gasteiger partial charge < -0.3 is 0 Å². The van der Waals surface area contributed by atoms with Crippen molar-refractivity contribution in [2.75, 3.05) is 0 Å². The van der Waals surface area contributed by atoms with Gasteiger partial charge in [-0.25, -0.2) is 0 Å². The zero-order valence-electron chi connectivity index (χ0n) is 6.11. The zero-order chi connectivity index (χ0) is 9.56. The van der Waals surface area contributed by atoms with Gasteiger partial charge in [-0.1, -0.05) is 25.7 Å². The van der Waals surface area contributed by atoms with Crippen molar-refractivity contribution in [3.8, 4) is 49.9 Å². The highest BCUT2D eigenvalue weighted by Gasteiger charge is 2.09. The van der Waals surface area contributed by atoms with Crippen LogP contribution in [0.25, 0.3) is 0 Å². The largest absolute Gasteiger partial charge is 0.219 e. The Hall–Kier alpha value is -2.07. The minimum atomic E-state index is 0.0463. The highest BCUT2D eigenvalue weighted by molar-refractivity contribution is 7.80. The molecule has 0 heterocycles. The number of hydrogen-bond acceptors (Lipinski definition) is 1. The maximum Gasteiger partial charge on any atom is 0.219 e. The number of hydrogen-bond donors (Lipinski definition) is 0. The molecule has 56 valence electrons. The lowest BCUT2D eigenvalue weighted by molar-refractivity contribution is 0.714. The summed E-state index contributed by atoms with van der Waals surface area (Å²) in [4.78, 5) is 1.96. The smallest absolute Gasteiger partial charge is 0.200 e. The standard InChI is InChI=1S/C9H4N2S/c1-5-10(6-2)9(12)11(7-3)8-4/h1-4H. The quantitative estimate of drug-likeness (QED) is 0.293. The van der Waals surface area contributed by atoms with E-state index in [1.165, 1.54) is 0 Å². The molecule has 0 radical (unpaired) electrons. The van der Waals surface area contributed by atoms with Gasteiger partial charge in [-0.2, -0.15) is 9.80 Å². The van der Waals surface area contributed by atoms with Crippen molar-refractivity contribution in [2.45, 2.75) is 0 Å². The van der Waals surface area contributed by atoms with Crippen molar-refractivity contribution in [3.05, 3.63) is 0 Å². The Morgan fingerprint density at radius 3 is 1.25 bits per heavy atom. The molecule has 0 fully saturated rings. The Morgan fingerprint density at radius 1 is 0.833 bits per heavy atom. The SMILES string of the molecule is C#CN(C#C)C(=S)N(C#C)C#C. The molecule has 0 aromatic carbocycles. The molecule has 0 saturated carbocycles. The van der Waals surface area contributed by atoms with Gasteiger partial charge in [0, 0.05) is 24.2 Å². The minimum Gasteiger partial charge on any atom is -0.200 e. The number of terminal acetylenes is 4. The molecule has 0 amide bonds. The Morgan fingerprint density at radius 2 is 1.08 bits per heavy atom. The van der Waals surface area contributed by atoms with Crippen LogP contribution in [0.2, 0.25) is 0 Å². The van der Waals surface area contributed by atoms with Crippen molar-refractivity contribution in [2.24, 2.45) is 0 Å². The van der Waals surface area contributed by atoms with E-state index in [0.717, 1.165) is 9.80 Å². The molecule has 2 nitrogen and oxygen atoms in total. The number of thiocarbonyl (C=S) groups is 1. The number of nitrogens with zero attached hydrogens (tertiary/aromatic N) is 2. The summed E-state index contributed by atoms with van der Waals surface area (Å²) in [5, 5.41) is 0.0463. The van der Waals surface area contributed by atoms with E-state index in [-0.39, 0.29) is 5.11 Å². The first-order valence-electron chi connectivity index (χ1n) is 2.70. The molecular formula is C9H4N2S. The summed E-state index contributed by atoms with van der Waals surface area (Å²) in [6, 6.07) is 8.50. The van der Waals surface area contributed by atoms with Gasteiger partial charge in [0.05, 0.1) is 0 Å². The molecule has 0 atom stereocenters. The van der Waals surface area contributed by atoms with Crippen molar-refractivity contribution < 1.29 is 0 Å². The predicted molar refractivity (Wildman–Crippen MR) is 51.6 cm³/mol. The van der Waals surface area contributed by atoms with E-state index in [4.69, 9.17) is 37.9 Å². The van der Waals surface area contributed by atoms with Crippen LogP contribution in [-0.2, 0) is 0 Å². The Balaban J connectivity index is 4.68. The van der Waals surface area contributed by atoms with Crippen LogP contribution < -0.4 is 0 Å². The van der Waals surface area contributed by atoms with Crippen molar-refractivity contribution in [1.29, 1.82) is 0 Å². The van der Waals surface area contributed by atoms with E-state index >= 15 is 0 Å². The summed E-state index contributed by atoms with van der Waals surface area (Å²) in [6.45, 7) is 0. The second-order valence-electron chi connectivity index (χ2n) is 1.47. The monoisotopic (exact) mass is 172 g/mol. The van der Waals surface area contributed by atoms with Crippen LogP contribution in [0.1, 0.15) is 0 Å². The summed E-state index contributed by atoms with van der Waals surface area (Å²) in [5.41, 5.74) is 0. The first-order valence-corrected chi connectivity index (χ1v) is 3.11. The molecule has 3 heteroatoms. The van der Waals surface area contributed by atoms with Gasteiger partial charge in [0.1, 0.15) is 0 Å². The van der Waals surface area contributed by atoms with E-state index in [1.54, 1.807) is 0 Å². The van der Waals surface area contributed by atoms with Gasteiger partial charge in [0.2, 0.25) is 5.11 Å². The van der Waals surface area contributed by atoms with Gasteiger partial charge in [-0.15, -0.1) is 0 Å².